The molecule has 0 radical (unpaired) electrons. The number of hydrogen-bond acceptors (Lipinski definition) is 4. The van der Waals surface area contributed by atoms with Gasteiger partial charge in [0.25, 0.3) is 0 Å². The van der Waals surface area contributed by atoms with Crippen molar-refractivity contribution in [1.82, 2.24) is 4.90 Å². The minimum absolute atomic E-state index is 0.0985. The molecule has 26 heavy (non-hydrogen) atoms. The molecule has 138 valence electrons. The van der Waals surface area contributed by atoms with Gasteiger partial charge in [-0.3, -0.25) is 0 Å². The first-order valence-corrected chi connectivity index (χ1v) is 9.57. The Morgan fingerprint density at radius 1 is 1.19 bits per heavy atom. The number of ether oxygens (including phenoxy) is 2. The van der Waals surface area contributed by atoms with Crippen LogP contribution in [0.3, 0.4) is 0 Å². The number of rotatable bonds is 4. The maximum absolute atomic E-state index is 12.9. The van der Waals surface area contributed by atoms with Gasteiger partial charge in [-0.2, -0.15) is 0 Å². The predicted octanol–water partition coefficient (Wildman–Crippen LogP) is 4.60. The fourth-order valence-corrected chi connectivity index (χ4v) is 4.31. The Hall–Kier alpha value is -2.34. The highest BCUT2D eigenvalue weighted by atomic mass is 32.2. The lowest BCUT2D eigenvalue weighted by molar-refractivity contribution is 0.213. The zero-order chi connectivity index (χ0) is 18.7. The lowest BCUT2D eigenvalue weighted by atomic mass is 10.1. The van der Waals surface area contributed by atoms with Crippen LogP contribution in [0.25, 0.3) is 0 Å². The molecule has 6 heteroatoms. The van der Waals surface area contributed by atoms with Gasteiger partial charge in [0.1, 0.15) is 16.9 Å². The normalized spacial score (nSPS) is 16.5. The molecule has 1 saturated heterocycles. The first kappa shape index (κ1) is 18.5. The number of methoxy groups -OCH3 is 2. The summed E-state index contributed by atoms with van der Waals surface area (Å²) in [5.41, 5.74) is 4.04. The molecule has 1 unspecified atom stereocenters. The first-order chi connectivity index (χ1) is 12.5. The van der Waals surface area contributed by atoms with E-state index in [9.17, 15) is 4.79 Å². The van der Waals surface area contributed by atoms with Crippen LogP contribution in [0.15, 0.2) is 36.4 Å². The number of hydrogen-bond donors (Lipinski definition) is 1. The van der Waals surface area contributed by atoms with Crippen LogP contribution in [-0.2, 0) is 0 Å². The van der Waals surface area contributed by atoms with Gasteiger partial charge in [-0.05, 0) is 49.2 Å². The summed E-state index contributed by atoms with van der Waals surface area (Å²) in [4.78, 5) is 14.8. The molecule has 1 heterocycles. The maximum atomic E-state index is 12.9. The second-order valence-corrected chi connectivity index (χ2v) is 7.39. The van der Waals surface area contributed by atoms with Gasteiger partial charge in [0.15, 0.2) is 0 Å². The fraction of sp³-hybridized carbons (Fsp3) is 0.350. The van der Waals surface area contributed by atoms with E-state index in [0.717, 1.165) is 39.6 Å². The van der Waals surface area contributed by atoms with Crippen LogP contribution in [0.4, 0.5) is 10.5 Å². The molecule has 0 aromatic heterocycles. The van der Waals surface area contributed by atoms with Gasteiger partial charge >= 0.3 is 6.03 Å². The molecule has 2 amide bonds. The van der Waals surface area contributed by atoms with Crippen molar-refractivity contribution in [2.24, 2.45) is 0 Å². The maximum Gasteiger partial charge on any atom is 0.323 e. The molecule has 0 spiro atoms. The van der Waals surface area contributed by atoms with Gasteiger partial charge in [-0.1, -0.05) is 12.1 Å². The summed E-state index contributed by atoms with van der Waals surface area (Å²) in [6, 6.07) is 11.5. The minimum atomic E-state index is -0.106. The van der Waals surface area contributed by atoms with Gasteiger partial charge in [-0.25, -0.2) is 4.79 Å². The zero-order valence-corrected chi connectivity index (χ0v) is 16.4. The predicted molar refractivity (Wildman–Crippen MR) is 106 cm³/mol. The van der Waals surface area contributed by atoms with Gasteiger partial charge in [0, 0.05) is 23.5 Å². The molecule has 1 aliphatic rings. The number of amides is 2. The Labute approximate surface area is 158 Å². The second-order valence-electron chi connectivity index (χ2n) is 6.20. The Morgan fingerprint density at radius 3 is 2.73 bits per heavy atom. The Kier molecular flexibility index (Phi) is 5.61. The molecular weight excluding hydrogens is 348 g/mol. The topological polar surface area (TPSA) is 50.8 Å². The van der Waals surface area contributed by atoms with E-state index in [1.807, 2.05) is 55.1 Å². The van der Waals surface area contributed by atoms with E-state index in [0.29, 0.717) is 6.54 Å². The van der Waals surface area contributed by atoms with Crippen molar-refractivity contribution in [1.29, 1.82) is 0 Å². The number of aryl methyl sites for hydroxylation is 1. The van der Waals surface area contributed by atoms with Crippen LogP contribution in [0, 0.1) is 13.8 Å². The molecule has 5 nitrogen and oxygen atoms in total. The van der Waals surface area contributed by atoms with Crippen LogP contribution in [0.1, 0.15) is 22.1 Å². The largest absolute Gasteiger partial charge is 0.497 e. The Morgan fingerprint density at radius 2 is 2.00 bits per heavy atom. The SMILES string of the molecule is COc1ccc(OC)c(C2SCCN2C(=O)Nc2cccc(C)c2C)c1. The summed E-state index contributed by atoms with van der Waals surface area (Å²) in [6.07, 6.45) is 0. The van der Waals surface area contributed by atoms with Gasteiger partial charge in [0.2, 0.25) is 0 Å². The first-order valence-electron chi connectivity index (χ1n) is 8.52. The summed E-state index contributed by atoms with van der Waals surface area (Å²) < 4.78 is 10.9. The number of carbonyl (C=O) groups excluding carboxylic acids is 1. The van der Waals surface area contributed by atoms with Crippen molar-refractivity contribution in [2.75, 3.05) is 31.8 Å². The molecule has 2 aromatic carbocycles. The van der Waals surface area contributed by atoms with Gasteiger partial charge < -0.3 is 19.7 Å². The van der Waals surface area contributed by atoms with E-state index in [1.54, 1.807) is 26.0 Å². The molecule has 1 aliphatic heterocycles. The van der Waals surface area contributed by atoms with E-state index in [1.165, 1.54) is 0 Å². The number of carbonyl (C=O) groups is 1. The summed E-state index contributed by atoms with van der Waals surface area (Å²) in [5.74, 6) is 2.39. The smallest absolute Gasteiger partial charge is 0.323 e. The number of thioether (sulfide) groups is 1. The zero-order valence-electron chi connectivity index (χ0n) is 15.5. The second kappa shape index (κ2) is 7.91. The molecule has 0 saturated carbocycles. The summed E-state index contributed by atoms with van der Waals surface area (Å²) >= 11 is 1.73. The lowest BCUT2D eigenvalue weighted by Crippen LogP contribution is -2.34. The number of nitrogens with one attached hydrogen (secondary N) is 1. The number of anilines is 1. The third-order valence-electron chi connectivity index (χ3n) is 4.70. The molecule has 0 aliphatic carbocycles. The van der Waals surface area contributed by atoms with E-state index in [-0.39, 0.29) is 11.4 Å². The number of urea groups is 1. The van der Waals surface area contributed by atoms with E-state index in [4.69, 9.17) is 9.47 Å². The van der Waals surface area contributed by atoms with Crippen LogP contribution in [0.5, 0.6) is 11.5 Å². The quantitative estimate of drug-likeness (QED) is 0.852. The van der Waals surface area contributed by atoms with Crippen molar-refractivity contribution >= 4 is 23.5 Å². The molecular formula is C20H24N2O3S. The standard InChI is InChI=1S/C20H24N2O3S/c1-13-6-5-7-17(14(13)2)21-20(23)22-10-11-26-19(22)16-12-15(24-3)8-9-18(16)25-4/h5-9,12,19H,10-11H2,1-4H3,(H,21,23). The van der Waals surface area contributed by atoms with Crippen LogP contribution in [-0.4, -0.2) is 37.4 Å². The number of benzene rings is 2. The molecule has 0 bridgehead atoms. The molecule has 1 N–H and O–H groups in total. The van der Waals surface area contributed by atoms with Crippen molar-refractivity contribution in [2.45, 2.75) is 19.2 Å². The molecule has 1 atom stereocenters. The molecule has 3 rings (SSSR count). The van der Waals surface area contributed by atoms with Crippen LogP contribution in [0.2, 0.25) is 0 Å². The van der Waals surface area contributed by atoms with E-state index in [2.05, 4.69) is 5.32 Å². The van der Waals surface area contributed by atoms with Crippen LogP contribution >= 0.6 is 11.8 Å². The minimum Gasteiger partial charge on any atom is -0.497 e. The monoisotopic (exact) mass is 372 g/mol. The third-order valence-corrected chi connectivity index (χ3v) is 5.94. The van der Waals surface area contributed by atoms with Crippen molar-refractivity contribution < 1.29 is 14.3 Å². The summed E-state index contributed by atoms with van der Waals surface area (Å²) in [6.45, 7) is 4.75. The molecule has 1 fully saturated rings. The summed E-state index contributed by atoms with van der Waals surface area (Å²) in [5, 5.41) is 2.95. The Bertz CT molecular complexity index is 810. The van der Waals surface area contributed by atoms with Gasteiger partial charge in [-0.15, -0.1) is 11.8 Å². The highest BCUT2D eigenvalue weighted by Crippen LogP contribution is 2.43. The fourth-order valence-electron chi connectivity index (χ4n) is 3.04. The highest BCUT2D eigenvalue weighted by Gasteiger charge is 2.33. The van der Waals surface area contributed by atoms with E-state index >= 15 is 0 Å². The van der Waals surface area contributed by atoms with E-state index < -0.39 is 0 Å². The Balaban J connectivity index is 1.86. The summed E-state index contributed by atoms with van der Waals surface area (Å²) in [7, 11) is 3.28. The van der Waals surface area contributed by atoms with Gasteiger partial charge in [0.05, 0.1) is 14.2 Å². The average molecular weight is 372 g/mol. The van der Waals surface area contributed by atoms with Crippen molar-refractivity contribution in [3.8, 4) is 11.5 Å². The van der Waals surface area contributed by atoms with Crippen molar-refractivity contribution in [3.05, 3.63) is 53.1 Å². The lowest BCUT2D eigenvalue weighted by Gasteiger charge is -2.26. The van der Waals surface area contributed by atoms with Crippen molar-refractivity contribution in [3.63, 3.8) is 0 Å². The van der Waals surface area contributed by atoms with Crippen LogP contribution < -0.4 is 14.8 Å². The third kappa shape index (κ3) is 3.60. The highest BCUT2D eigenvalue weighted by molar-refractivity contribution is 7.99. The number of nitrogens with zero attached hydrogens (tertiary/aromatic N) is 1. The molecule has 2 aromatic rings. The average Bonchev–Trinajstić information content (AvgIpc) is 3.14.